The zero-order chi connectivity index (χ0) is 14.7. The van der Waals surface area contributed by atoms with Crippen LogP contribution in [-0.2, 0) is 4.79 Å². The summed E-state index contributed by atoms with van der Waals surface area (Å²) in [6.45, 7) is 1.47. The molecule has 4 nitrogen and oxygen atoms in total. The lowest BCUT2D eigenvalue weighted by Crippen LogP contribution is -2.09. The van der Waals surface area contributed by atoms with Crippen molar-refractivity contribution in [3.8, 4) is 5.75 Å². The predicted octanol–water partition coefficient (Wildman–Crippen LogP) is 2.81. The Bertz CT molecular complexity index is 647. The van der Waals surface area contributed by atoms with Crippen LogP contribution in [0.2, 0.25) is 0 Å². The maximum atomic E-state index is 12.3. The van der Waals surface area contributed by atoms with Crippen LogP contribution in [0.25, 0.3) is 0 Å². The number of phenols is 1. The lowest BCUT2D eigenvalue weighted by Gasteiger charge is -2.11. The first-order valence-corrected chi connectivity index (χ1v) is 6.16. The van der Waals surface area contributed by atoms with Gasteiger partial charge >= 0.3 is 5.97 Å². The quantitative estimate of drug-likeness (QED) is 0.838. The van der Waals surface area contributed by atoms with Gasteiger partial charge in [-0.25, -0.2) is 0 Å². The molecule has 0 radical (unpaired) electrons. The number of hydrogen-bond donors (Lipinski definition) is 2. The second-order valence-corrected chi connectivity index (χ2v) is 4.53. The van der Waals surface area contributed by atoms with E-state index in [1.54, 1.807) is 24.3 Å². The van der Waals surface area contributed by atoms with Crippen molar-refractivity contribution in [2.75, 3.05) is 0 Å². The van der Waals surface area contributed by atoms with Crippen LogP contribution in [0.15, 0.2) is 48.5 Å². The molecule has 2 N–H and O–H groups in total. The monoisotopic (exact) mass is 270 g/mol. The maximum Gasteiger partial charge on any atom is 0.310 e. The molecule has 4 heteroatoms. The fraction of sp³-hybridized carbons (Fsp3) is 0.125. The Hall–Kier alpha value is -2.62. The lowest BCUT2D eigenvalue weighted by atomic mass is 9.95. The smallest absolute Gasteiger partial charge is 0.310 e. The Balaban J connectivity index is 2.42. The normalized spacial score (nSPS) is 11.8. The molecule has 0 aliphatic heterocycles. The molecule has 0 amide bonds. The summed E-state index contributed by atoms with van der Waals surface area (Å²) in [6.07, 6.45) is 0. The van der Waals surface area contributed by atoms with Crippen molar-refractivity contribution in [1.29, 1.82) is 0 Å². The van der Waals surface area contributed by atoms with Gasteiger partial charge in [-0.2, -0.15) is 0 Å². The highest BCUT2D eigenvalue weighted by atomic mass is 16.4. The average Bonchev–Trinajstić information content (AvgIpc) is 2.47. The van der Waals surface area contributed by atoms with E-state index in [1.165, 1.54) is 25.1 Å². The van der Waals surface area contributed by atoms with Crippen molar-refractivity contribution in [3.05, 3.63) is 65.2 Å². The Labute approximate surface area is 116 Å². The van der Waals surface area contributed by atoms with Crippen LogP contribution < -0.4 is 0 Å². The highest BCUT2D eigenvalue weighted by Crippen LogP contribution is 2.27. The van der Waals surface area contributed by atoms with Gasteiger partial charge in [0.1, 0.15) is 5.75 Å². The number of rotatable bonds is 4. The molecule has 0 saturated carbocycles. The first-order chi connectivity index (χ1) is 9.50. The third-order valence-electron chi connectivity index (χ3n) is 3.16. The summed E-state index contributed by atoms with van der Waals surface area (Å²) >= 11 is 0. The van der Waals surface area contributed by atoms with Gasteiger partial charge in [0, 0.05) is 16.7 Å². The SMILES string of the molecule is CC(C(=O)O)c1cc(C(=O)c2ccccc2)ccc1O. The van der Waals surface area contributed by atoms with E-state index in [9.17, 15) is 14.7 Å². The van der Waals surface area contributed by atoms with Crippen LogP contribution in [0.4, 0.5) is 0 Å². The number of carboxylic acid groups (broad SMARTS) is 1. The number of carbonyl (C=O) groups is 2. The molecule has 0 heterocycles. The van der Waals surface area contributed by atoms with Gasteiger partial charge in [0.15, 0.2) is 5.78 Å². The summed E-state index contributed by atoms with van der Waals surface area (Å²) < 4.78 is 0. The molecule has 0 bridgehead atoms. The van der Waals surface area contributed by atoms with Crippen molar-refractivity contribution in [2.24, 2.45) is 0 Å². The molecule has 0 spiro atoms. The average molecular weight is 270 g/mol. The third kappa shape index (κ3) is 2.69. The summed E-state index contributed by atoms with van der Waals surface area (Å²) in [5.74, 6) is -2.25. The van der Waals surface area contributed by atoms with Gasteiger partial charge in [-0.15, -0.1) is 0 Å². The van der Waals surface area contributed by atoms with Gasteiger partial charge in [0.25, 0.3) is 0 Å². The minimum absolute atomic E-state index is 0.121. The topological polar surface area (TPSA) is 74.6 Å². The molecular weight excluding hydrogens is 256 g/mol. The van der Waals surface area contributed by atoms with Crippen molar-refractivity contribution < 1.29 is 19.8 Å². The van der Waals surface area contributed by atoms with Gasteiger partial charge in [-0.1, -0.05) is 30.3 Å². The number of ketones is 1. The van der Waals surface area contributed by atoms with E-state index in [4.69, 9.17) is 5.11 Å². The van der Waals surface area contributed by atoms with E-state index in [0.29, 0.717) is 11.1 Å². The molecule has 0 aromatic heterocycles. The number of carboxylic acids is 1. The second kappa shape index (κ2) is 5.57. The zero-order valence-electron chi connectivity index (χ0n) is 10.9. The number of carbonyl (C=O) groups excluding carboxylic acids is 1. The van der Waals surface area contributed by atoms with Gasteiger partial charge in [-0.05, 0) is 25.1 Å². The third-order valence-corrected chi connectivity index (χ3v) is 3.16. The van der Waals surface area contributed by atoms with Crippen LogP contribution in [0.1, 0.15) is 34.3 Å². The van der Waals surface area contributed by atoms with E-state index in [0.717, 1.165) is 0 Å². The highest BCUT2D eigenvalue weighted by Gasteiger charge is 2.19. The highest BCUT2D eigenvalue weighted by molar-refractivity contribution is 6.09. The summed E-state index contributed by atoms with van der Waals surface area (Å²) in [4.78, 5) is 23.3. The van der Waals surface area contributed by atoms with Gasteiger partial charge in [-0.3, -0.25) is 9.59 Å². The number of aliphatic carboxylic acids is 1. The van der Waals surface area contributed by atoms with E-state index in [1.807, 2.05) is 6.07 Å². The Morgan fingerprint density at radius 2 is 1.65 bits per heavy atom. The molecule has 2 aromatic carbocycles. The molecule has 1 unspecified atom stereocenters. The number of aromatic hydroxyl groups is 1. The largest absolute Gasteiger partial charge is 0.508 e. The van der Waals surface area contributed by atoms with Crippen LogP contribution in [0, 0.1) is 0 Å². The Morgan fingerprint density at radius 3 is 2.25 bits per heavy atom. The van der Waals surface area contributed by atoms with Crippen LogP contribution >= 0.6 is 0 Å². The molecular formula is C16H14O4. The van der Waals surface area contributed by atoms with Crippen LogP contribution in [0.5, 0.6) is 5.75 Å². The second-order valence-electron chi connectivity index (χ2n) is 4.53. The molecule has 0 aliphatic rings. The fourth-order valence-electron chi connectivity index (χ4n) is 1.93. The van der Waals surface area contributed by atoms with E-state index >= 15 is 0 Å². The molecule has 0 aliphatic carbocycles. The van der Waals surface area contributed by atoms with Crippen molar-refractivity contribution >= 4 is 11.8 Å². The Kier molecular flexibility index (Phi) is 3.84. The first kappa shape index (κ1) is 13.8. The van der Waals surface area contributed by atoms with Crippen molar-refractivity contribution in [3.63, 3.8) is 0 Å². The predicted molar refractivity (Wildman–Crippen MR) is 74.0 cm³/mol. The van der Waals surface area contributed by atoms with E-state index in [-0.39, 0.29) is 17.1 Å². The van der Waals surface area contributed by atoms with Crippen LogP contribution in [0.3, 0.4) is 0 Å². The first-order valence-electron chi connectivity index (χ1n) is 6.16. The lowest BCUT2D eigenvalue weighted by molar-refractivity contribution is -0.138. The number of benzene rings is 2. The summed E-state index contributed by atoms with van der Waals surface area (Å²) in [5.41, 5.74) is 1.11. The van der Waals surface area contributed by atoms with E-state index < -0.39 is 11.9 Å². The minimum atomic E-state index is -1.05. The number of phenolic OH excluding ortho intramolecular Hbond substituents is 1. The molecule has 102 valence electrons. The molecule has 1 atom stereocenters. The van der Waals surface area contributed by atoms with Gasteiger partial charge < -0.3 is 10.2 Å². The van der Waals surface area contributed by atoms with Crippen molar-refractivity contribution in [2.45, 2.75) is 12.8 Å². The summed E-state index contributed by atoms with van der Waals surface area (Å²) in [7, 11) is 0. The molecule has 2 rings (SSSR count). The van der Waals surface area contributed by atoms with Gasteiger partial charge in [0.05, 0.1) is 5.92 Å². The van der Waals surface area contributed by atoms with Gasteiger partial charge in [0.2, 0.25) is 0 Å². The summed E-state index contributed by atoms with van der Waals surface area (Å²) in [5, 5.41) is 18.7. The molecule has 0 fully saturated rings. The van der Waals surface area contributed by atoms with Crippen molar-refractivity contribution in [1.82, 2.24) is 0 Å². The maximum absolute atomic E-state index is 12.3. The molecule has 0 saturated heterocycles. The molecule has 2 aromatic rings. The molecule has 20 heavy (non-hydrogen) atoms. The zero-order valence-corrected chi connectivity index (χ0v) is 10.9. The number of hydrogen-bond acceptors (Lipinski definition) is 3. The summed E-state index contributed by atoms with van der Waals surface area (Å²) in [6, 6.07) is 13.0. The standard InChI is InChI=1S/C16H14O4/c1-10(16(19)20)13-9-12(7-8-14(13)17)15(18)11-5-3-2-4-6-11/h2-10,17H,1H3,(H,19,20). The van der Waals surface area contributed by atoms with E-state index in [2.05, 4.69) is 0 Å². The Morgan fingerprint density at radius 1 is 1.00 bits per heavy atom. The fourth-order valence-corrected chi connectivity index (χ4v) is 1.93. The van der Waals surface area contributed by atoms with Crippen LogP contribution in [-0.4, -0.2) is 22.0 Å². The minimum Gasteiger partial charge on any atom is -0.508 e.